The molecule has 8 bridgehead atoms. The van der Waals surface area contributed by atoms with Gasteiger partial charge in [0.15, 0.2) is 0 Å². The van der Waals surface area contributed by atoms with Gasteiger partial charge in [-0.3, -0.25) is 0 Å². The van der Waals surface area contributed by atoms with Gasteiger partial charge in [0.05, 0.1) is 89.0 Å². The molecular weight excluding hydrogens is 1670 g/mol. The molecule has 32 nitrogen and oxygen atoms in total. The van der Waals surface area contributed by atoms with E-state index in [9.17, 15) is 76.7 Å². The molecule has 8 heterocycles. The zero-order valence-corrected chi connectivity index (χ0v) is 65.8. The number of benzene rings is 12. The molecule has 1 aliphatic carbocycles. The van der Waals surface area contributed by atoms with Crippen molar-refractivity contribution in [3.8, 4) is 92.0 Å². The summed E-state index contributed by atoms with van der Waals surface area (Å²) in [5.41, 5.74) is -0.603. The molecule has 0 spiro atoms. The summed E-state index contributed by atoms with van der Waals surface area (Å²) in [6, 6.07) is 44.4. The van der Waals surface area contributed by atoms with E-state index in [4.69, 9.17) is 75.8 Å². The average molecular weight is 1710 g/mol. The summed E-state index contributed by atoms with van der Waals surface area (Å²) >= 11 is 0. The molecule has 0 radical (unpaired) electrons. The van der Waals surface area contributed by atoms with Crippen molar-refractivity contribution in [3.05, 3.63) is 328 Å². The number of fused-ring (bicyclic) bond motifs is 16. The van der Waals surface area contributed by atoms with Crippen LogP contribution >= 0.6 is 0 Å². The fourth-order valence-corrected chi connectivity index (χ4v) is 16.5. The Bertz CT molecular complexity index is 6130. The van der Waals surface area contributed by atoms with Crippen LogP contribution in [0.2, 0.25) is 0 Å². The third-order valence-corrected chi connectivity index (χ3v) is 23.1. The van der Waals surface area contributed by atoms with E-state index in [1.54, 1.807) is 52.0 Å². The van der Waals surface area contributed by atoms with Crippen molar-refractivity contribution in [2.45, 2.75) is 51.4 Å². The molecular formula is C96H48O32. The van der Waals surface area contributed by atoms with E-state index in [-0.39, 0.29) is 226 Å². The second kappa shape index (κ2) is 28.9. The van der Waals surface area contributed by atoms with Gasteiger partial charge in [-0.1, -0.05) is 27.7 Å². The number of carbonyl (C=O) groups excluding carboxylic acids is 16. The quantitative estimate of drug-likeness (QED) is 0.0492. The number of ether oxygens (including phenoxy) is 16. The molecule has 0 amide bonds. The lowest BCUT2D eigenvalue weighted by molar-refractivity contribution is 0.0425. The summed E-state index contributed by atoms with van der Waals surface area (Å²) in [6.45, 7) is 6.93. The van der Waals surface area contributed by atoms with E-state index in [1.165, 1.54) is 170 Å². The lowest BCUT2D eigenvalue weighted by Gasteiger charge is -2.29. The molecule has 9 aliphatic rings. The third kappa shape index (κ3) is 12.9. The largest absolute Gasteiger partial charge is 0.457 e. The van der Waals surface area contributed by atoms with E-state index < -0.39 is 119 Å². The number of carbonyl (C=O) groups is 16. The first-order valence-electron chi connectivity index (χ1n) is 38.9. The maximum absolute atomic E-state index is 13.5. The van der Waals surface area contributed by atoms with Gasteiger partial charge in [0, 0.05) is 92.4 Å². The van der Waals surface area contributed by atoms with E-state index >= 15 is 0 Å². The van der Waals surface area contributed by atoms with Gasteiger partial charge in [0.2, 0.25) is 0 Å². The molecule has 12 aromatic carbocycles. The van der Waals surface area contributed by atoms with Gasteiger partial charge in [-0.25, -0.2) is 76.7 Å². The van der Waals surface area contributed by atoms with Crippen molar-refractivity contribution in [2.75, 3.05) is 0 Å². The van der Waals surface area contributed by atoms with Crippen molar-refractivity contribution in [3.63, 3.8) is 0 Å². The van der Waals surface area contributed by atoms with Crippen LogP contribution in [-0.2, 0) is 37.9 Å². The van der Waals surface area contributed by atoms with E-state index in [0.29, 0.717) is 0 Å². The SMILES string of the molecule is CC1c2cc(c(Oc3ccc4c(c3)C(=O)OC4=O)cc2Oc2ccc3c(c2)C(=O)OC3=O)C(C)c2cc(c(Oc3ccc4c(c3)C(=O)OC4=O)cc2Oc2ccc3c(c2)C(=O)OC3=O)C(C)c2cc(c(Oc3ccc4c(c3)C(=O)OC4=O)cc2Oc2ccc3c(c2)C(=O)OC3=O)C(C)c2cc1c(Oc1ccc3c(c1)C(=O)OC3=O)cc2Oc1ccc2c(c1)C(=O)OC2=O. The number of cyclic esters (lactones) is 16. The molecule has 12 aromatic rings. The first-order chi connectivity index (χ1) is 61.5. The summed E-state index contributed by atoms with van der Waals surface area (Å²) in [5, 5.41) is 0. The Morgan fingerprint density at radius 2 is 0.258 bits per heavy atom. The smallest absolute Gasteiger partial charge is 0.347 e. The van der Waals surface area contributed by atoms with Gasteiger partial charge in [0.1, 0.15) is 92.0 Å². The van der Waals surface area contributed by atoms with Gasteiger partial charge in [0.25, 0.3) is 0 Å². The molecule has 0 saturated carbocycles. The van der Waals surface area contributed by atoms with Crippen LogP contribution in [0.4, 0.5) is 0 Å². The molecule has 128 heavy (non-hydrogen) atoms. The normalized spacial score (nSPS) is 17.3. The highest BCUT2D eigenvalue weighted by atomic mass is 16.6. The highest BCUT2D eigenvalue weighted by Crippen LogP contribution is 2.56. The number of esters is 16. The van der Waals surface area contributed by atoms with Crippen LogP contribution in [0.15, 0.2) is 194 Å². The van der Waals surface area contributed by atoms with Crippen molar-refractivity contribution in [1.29, 1.82) is 0 Å². The Morgan fingerprint density at radius 3 is 0.375 bits per heavy atom. The van der Waals surface area contributed by atoms with E-state index in [0.717, 1.165) is 0 Å². The lowest BCUT2D eigenvalue weighted by Crippen LogP contribution is -2.11. The third-order valence-electron chi connectivity index (χ3n) is 23.1. The Morgan fingerprint density at radius 1 is 0.148 bits per heavy atom. The fourth-order valence-electron chi connectivity index (χ4n) is 16.5. The summed E-state index contributed by atoms with van der Waals surface area (Å²) in [6.07, 6.45) is 0. The molecule has 32 heteroatoms. The Kier molecular flexibility index (Phi) is 17.5. The highest BCUT2D eigenvalue weighted by Gasteiger charge is 2.42. The molecule has 624 valence electrons. The Hall–Kier alpha value is -17.8. The Labute approximate surface area is 715 Å². The average Bonchev–Trinajstić information content (AvgIpc) is 0.782. The summed E-state index contributed by atoms with van der Waals surface area (Å²) in [7, 11) is 0. The van der Waals surface area contributed by atoms with Gasteiger partial charge in [-0.05, 0) is 170 Å². The maximum atomic E-state index is 13.5. The number of hydrogen-bond donors (Lipinski definition) is 0. The van der Waals surface area contributed by atoms with Crippen LogP contribution in [0.1, 0.15) is 262 Å². The maximum Gasteiger partial charge on any atom is 0.347 e. The van der Waals surface area contributed by atoms with E-state index in [1.807, 2.05) is 0 Å². The molecule has 0 saturated heterocycles. The van der Waals surface area contributed by atoms with Crippen LogP contribution in [0.5, 0.6) is 92.0 Å². The minimum absolute atomic E-state index is 0.0707. The first kappa shape index (κ1) is 77.5. The van der Waals surface area contributed by atoms with Crippen LogP contribution in [0.25, 0.3) is 0 Å². The highest BCUT2D eigenvalue weighted by molar-refractivity contribution is 6.20. The fraction of sp³-hybridized carbons (Fsp3) is 0.0833. The van der Waals surface area contributed by atoms with Crippen molar-refractivity contribution < 1.29 is 153 Å². The van der Waals surface area contributed by atoms with Gasteiger partial charge in [-0.2, -0.15) is 0 Å². The molecule has 0 aromatic heterocycles. The molecule has 0 atom stereocenters. The predicted molar refractivity (Wildman–Crippen MR) is 426 cm³/mol. The van der Waals surface area contributed by atoms with Crippen LogP contribution in [0.3, 0.4) is 0 Å². The van der Waals surface area contributed by atoms with Crippen molar-refractivity contribution in [2.24, 2.45) is 0 Å². The predicted octanol–water partition coefficient (Wildman–Crippen LogP) is 17.4. The summed E-state index contributed by atoms with van der Waals surface area (Å²) in [5.74, 6) is -21.6. The second-order valence-electron chi connectivity index (χ2n) is 30.5. The lowest BCUT2D eigenvalue weighted by atomic mass is 9.80. The topological polar surface area (TPSA) is 421 Å². The minimum Gasteiger partial charge on any atom is -0.457 e. The second-order valence-corrected chi connectivity index (χ2v) is 30.5. The summed E-state index contributed by atoms with van der Waals surface area (Å²) < 4.78 is 96.4. The zero-order valence-electron chi connectivity index (χ0n) is 65.8. The zero-order chi connectivity index (χ0) is 88.6. The van der Waals surface area contributed by atoms with Gasteiger partial charge >= 0.3 is 95.5 Å². The monoisotopic (exact) mass is 1710 g/mol. The summed E-state index contributed by atoms with van der Waals surface area (Å²) in [4.78, 5) is 213. The molecule has 8 aliphatic heterocycles. The number of rotatable bonds is 16. The van der Waals surface area contributed by atoms with Crippen LogP contribution in [-0.4, -0.2) is 95.5 Å². The van der Waals surface area contributed by atoms with Gasteiger partial charge in [-0.15, -0.1) is 0 Å². The minimum atomic E-state index is -1.18. The van der Waals surface area contributed by atoms with Crippen LogP contribution < -0.4 is 37.9 Å². The molecule has 0 N–H and O–H groups in total. The van der Waals surface area contributed by atoms with Crippen LogP contribution in [0, 0.1) is 0 Å². The first-order valence-corrected chi connectivity index (χ1v) is 38.9. The number of hydrogen-bond acceptors (Lipinski definition) is 32. The van der Waals surface area contributed by atoms with Crippen molar-refractivity contribution >= 4 is 95.5 Å². The standard InChI is InChI=1S/C96H48O32/c1-37-57-29-59(75(115-43-7-15-51-67(23-43)91(107)123-83(51)99)33-73(57)113-41-5-13-49-65(21-41)89(105)121-81(49)97)38(2)61-31-63(79(119-47-11-19-55-71(27-47)95(111)127-87(55)103)35-77(61)117-45-9-17-53-69(25-45)93(109)125-85(53)101)40(4)64-32-62(78(118-46-10-18-54-70(26-46)94(110)126-86(54)102)36-80(64)120-48-12-20-56-72(28-48)96(112)128-88(56)104)39(3)60-30-58(37)74(114-42-6-14-50-66(22-42)90(106)122-82(50)98)34-76(60)116-44-8-16-52-68(24-44)92(108)124-84(52)100/h5-40H,1-4H3. The van der Waals surface area contributed by atoms with E-state index in [2.05, 4.69) is 0 Å². The molecule has 0 fully saturated rings. The molecule has 0 unspecified atom stereocenters. The van der Waals surface area contributed by atoms with Gasteiger partial charge < -0.3 is 75.8 Å². The Balaban J connectivity index is 0.874. The van der Waals surface area contributed by atoms with Crippen molar-refractivity contribution in [1.82, 2.24) is 0 Å². The molecule has 21 rings (SSSR count).